The molecule has 0 fully saturated rings. The third-order valence-electron chi connectivity index (χ3n) is 2.97. The van der Waals surface area contributed by atoms with Gasteiger partial charge in [-0.3, -0.25) is 4.79 Å². The third-order valence-corrected chi connectivity index (χ3v) is 3.50. The molecule has 0 aliphatic heterocycles. The molecule has 23 heavy (non-hydrogen) atoms. The van der Waals surface area contributed by atoms with Crippen molar-refractivity contribution in [2.45, 2.75) is 6.54 Å². The van der Waals surface area contributed by atoms with Gasteiger partial charge in [0.15, 0.2) is 0 Å². The smallest absolute Gasteiger partial charge is 0.248 e. The topological polar surface area (TPSA) is 72.7 Å². The van der Waals surface area contributed by atoms with Gasteiger partial charge >= 0.3 is 0 Å². The number of anilines is 1. The van der Waals surface area contributed by atoms with E-state index in [1.165, 1.54) is 16.9 Å². The van der Waals surface area contributed by atoms with Gasteiger partial charge in [0, 0.05) is 15.7 Å². The van der Waals surface area contributed by atoms with Crippen molar-refractivity contribution in [3.05, 3.63) is 58.8 Å². The van der Waals surface area contributed by atoms with Crippen molar-refractivity contribution in [3.63, 3.8) is 0 Å². The Bertz CT molecular complexity index is 817. The van der Waals surface area contributed by atoms with Gasteiger partial charge in [0.25, 0.3) is 0 Å². The molecule has 0 saturated carbocycles. The van der Waals surface area contributed by atoms with Crippen molar-refractivity contribution in [3.8, 4) is 11.4 Å². The van der Waals surface area contributed by atoms with Crippen LogP contribution in [0.4, 0.5) is 10.1 Å². The molecule has 0 aliphatic carbocycles. The number of nitrogens with zero attached hydrogens (tertiary/aromatic N) is 4. The molecule has 0 aliphatic rings. The van der Waals surface area contributed by atoms with Gasteiger partial charge in [-0.1, -0.05) is 15.9 Å². The maximum atomic E-state index is 12.9. The Balaban J connectivity index is 1.65. The molecule has 1 heterocycles. The minimum atomic E-state index is -0.338. The number of hydrogen-bond donors (Lipinski definition) is 1. The molecule has 0 spiro atoms. The van der Waals surface area contributed by atoms with E-state index in [-0.39, 0.29) is 18.3 Å². The maximum Gasteiger partial charge on any atom is 0.248 e. The Morgan fingerprint density at radius 3 is 2.52 bits per heavy atom. The summed E-state index contributed by atoms with van der Waals surface area (Å²) in [7, 11) is 0. The highest BCUT2D eigenvalue weighted by atomic mass is 79.9. The second-order valence-corrected chi connectivity index (χ2v) is 5.62. The summed E-state index contributed by atoms with van der Waals surface area (Å²) in [5, 5.41) is 14.5. The summed E-state index contributed by atoms with van der Waals surface area (Å²) in [5.41, 5.74) is 1.31. The van der Waals surface area contributed by atoms with E-state index in [4.69, 9.17) is 0 Å². The number of benzene rings is 2. The van der Waals surface area contributed by atoms with Gasteiger partial charge in [0.1, 0.15) is 12.4 Å². The molecule has 1 N–H and O–H groups in total. The number of hydrogen-bond acceptors (Lipinski definition) is 4. The molecule has 0 atom stereocenters. The summed E-state index contributed by atoms with van der Waals surface area (Å²) in [6.45, 7) is -0.0652. The number of nitrogens with one attached hydrogen (secondary N) is 1. The van der Waals surface area contributed by atoms with Crippen molar-refractivity contribution >= 4 is 27.5 Å². The van der Waals surface area contributed by atoms with Crippen LogP contribution in [-0.2, 0) is 11.3 Å². The first-order valence-electron chi connectivity index (χ1n) is 6.69. The Morgan fingerprint density at radius 2 is 1.83 bits per heavy atom. The van der Waals surface area contributed by atoms with Crippen LogP contribution in [0.25, 0.3) is 11.4 Å². The number of rotatable bonds is 4. The molecule has 8 heteroatoms. The van der Waals surface area contributed by atoms with Crippen molar-refractivity contribution in [2.75, 3.05) is 5.32 Å². The Morgan fingerprint density at radius 1 is 1.13 bits per heavy atom. The SMILES string of the molecule is O=C(Cn1nnc(-c2ccc(F)cc2)n1)Nc1ccc(Br)cc1. The van der Waals surface area contributed by atoms with Crippen LogP contribution in [0.1, 0.15) is 0 Å². The molecule has 116 valence electrons. The van der Waals surface area contributed by atoms with Crippen LogP contribution in [0, 0.1) is 5.82 Å². The Hall–Kier alpha value is -2.61. The third kappa shape index (κ3) is 3.98. The molecular weight excluding hydrogens is 365 g/mol. The first-order chi connectivity index (χ1) is 11.1. The largest absolute Gasteiger partial charge is 0.324 e. The van der Waals surface area contributed by atoms with E-state index in [1.54, 1.807) is 24.3 Å². The number of amides is 1. The summed E-state index contributed by atoms with van der Waals surface area (Å²) in [6, 6.07) is 13.0. The van der Waals surface area contributed by atoms with Gasteiger partial charge in [-0.2, -0.15) is 4.80 Å². The lowest BCUT2D eigenvalue weighted by molar-refractivity contribution is -0.117. The molecule has 0 radical (unpaired) electrons. The minimum absolute atomic E-state index is 0.0652. The average molecular weight is 376 g/mol. The number of tetrazole rings is 1. The van der Waals surface area contributed by atoms with E-state index in [1.807, 2.05) is 12.1 Å². The van der Waals surface area contributed by atoms with Crippen molar-refractivity contribution < 1.29 is 9.18 Å². The lowest BCUT2D eigenvalue weighted by atomic mass is 10.2. The van der Waals surface area contributed by atoms with Crippen LogP contribution in [0.2, 0.25) is 0 Å². The van der Waals surface area contributed by atoms with Crippen LogP contribution >= 0.6 is 15.9 Å². The van der Waals surface area contributed by atoms with E-state index >= 15 is 0 Å². The number of carbonyl (C=O) groups is 1. The van der Waals surface area contributed by atoms with Gasteiger partial charge in [-0.05, 0) is 53.7 Å². The van der Waals surface area contributed by atoms with E-state index < -0.39 is 0 Å². The van der Waals surface area contributed by atoms with Gasteiger partial charge in [0.2, 0.25) is 11.7 Å². The zero-order valence-electron chi connectivity index (χ0n) is 11.8. The summed E-state index contributed by atoms with van der Waals surface area (Å²) < 4.78 is 13.8. The molecule has 0 saturated heterocycles. The summed E-state index contributed by atoms with van der Waals surface area (Å²) in [4.78, 5) is 13.1. The monoisotopic (exact) mass is 375 g/mol. The van der Waals surface area contributed by atoms with Crippen LogP contribution < -0.4 is 5.32 Å². The molecular formula is C15H11BrFN5O. The number of carbonyl (C=O) groups excluding carboxylic acids is 1. The lowest BCUT2D eigenvalue weighted by Crippen LogP contribution is -2.20. The van der Waals surface area contributed by atoms with E-state index in [0.29, 0.717) is 17.1 Å². The zero-order chi connectivity index (χ0) is 16.2. The summed E-state index contributed by atoms with van der Waals surface area (Å²) in [6.07, 6.45) is 0. The molecule has 1 amide bonds. The predicted octanol–water partition coefficient (Wildman–Crippen LogP) is 2.88. The molecule has 1 aromatic heterocycles. The highest BCUT2D eigenvalue weighted by Gasteiger charge is 2.09. The van der Waals surface area contributed by atoms with Crippen LogP contribution in [0.5, 0.6) is 0 Å². The predicted molar refractivity (Wildman–Crippen MR) is 86.0 cm³/mol. The van der Waals surface area contributed by atoms with Gasteiger partial charge in [-0.15, -0.1) is 10.2 Å². The molecule has 3 aromatic rings. The van der Waals surface area contributed by atoms with Crippen LogP contribution in [0.15, 0.2) is 53.0 Å². The normalized spacial score (nSPS) is 10.5. The molecule has 0 unspecified atom stereocenters. The molecule has 0 bridgehead atoms. The molecule has 3 rings (SSSR count). The fraction of sp³-hybridized carbons (Fsp3) is 0.0667. The van der Waals surface area contributed by atoms with Crippen LogP contribution in [-0.4, -0.2) is 26.1 Å². The minimum Gasteiger partial charge on any atom is -0.324 e. The Kier molecular flexibility index (Phi) is 4.42. The average Bonchev–Trinajstić information content (AvgIpc) is 2.98. The first-order valence-corrected chi connectivity index (χ1v) is 7.48. The van der Waals surface area contributed by atoms with Crippen molar-refractivity contribution in [1.29, 1.82) is 0 Å². The van der Waals surface area contributed by atoms with E-state index in [0.717, 1.165) is 4.47 Å². The fourth-order valence-electron chi connectivity index (χ4n) is 1.89. The number of aromatic nitrogens is 4. The van der Waals surface area contributed by atoms with Gasteiger partial charge in [0.05, 0.1) is 0 Å². The maximum absolute atomic E-state index is 12.9. The Labute approximate surface area is 139 Å². The van der Waals surface area contributed by atoms with Crippen molar-refractivity contribution in [2.24, 2.45) is 0 Å². The highest BCUT2D eigenvalue weighted by Crippen LogP contribution is 2.15. The fourth-order valence-corrected chi connectivity index (χ4v) is 2.15. The second kappa shape index (κ2) is 6.66. The van der Waals surface area contributed by atoms with E-state index in [9.17, 15) is 9.18 Å². The van der Waals surface area contributed by atoms with E-state index in [2.05, 4.69) is 36.7 Å². The van der Waals surface area contributed by atoms with Crippen LogP contribution in [0.3, 0.4) is 0 Å². The van der Waals surface area contributed by atoms with Gasteiger partial charge < -0.3 is 5.32 Å². The molecule has 2 aromatic carbocycles. The van der Waals surface area contributed by atoms with Crippen molar-refractivity contribution in [1.82, 2.24) is 20.2 Å². The number of halogens is 2. The standard InChI is InChI=1S/C15H11BrFN5O/c16-11-3-7-13(8-4-11)18-14(23)9-22-20-15(19-21-22)10-1-5-12(17)6-2-10/h1-8H,9H2,(H,18,23). The summed E-state index contributed by atoms with van der Waals surface area (Å²) >= 11 is 3.33. The summed E-state index contributed by atoms with van der Waals surface area (Å²) in [5.74, 6) is -0.271. The highest BCUT2D eigenvalue weighted by molar-refractivity contribution is 9.10. The molecule has 6 nitrogen and oxygen atoms in total. The quantitative estimate of drug-likeness (QED) is 0.760. The second-order valence-electron chi connectivity index (χ2n) is 4.71. The first kappa shape index (κ1) is 15.3. The lowest BCUT2D eigenvalue weighted by Gasteiger charge is -2.04. The van der Waals surface area contributed by atoms with Gasteiger partial charge in [-0.25, -0.2) is 4.39 Å². The zero-order valence-corrected chi connectivity index (χ0v) is 13.4.